The van der Waals surface area contributed by atoms with E-state index in [0.29, 0.717) is 17.4 Å². The second-order valence-electron chi connectivity index (χ2n) is 20.3. The number of aliphatic hydroxyl groups excluding tert-OH is 1. The van der Waals surface area contributed by atoms with Crippen molar-refractivity contribution in [2.45, 2.75) is 251 Å². The van der Waals surface area contributed by atoms with E-state index in [2.05, 4.69) is 92.1 Å². The van der Waals surface area contributed by atoms with Crippen molar-refractivity contribution < 1.29 is 32.9 Å². The van der Waals surface area contributed by atoms with Crippen molar-refractivity contribution in [1.82, 2.24) is 5.32 Å². The second-order valence-corrected chi connectivity index (χ2v) is 21.7. The molecule has 0 fully saturated rings. The molecule has 3 atom stereocenters. The number of phosphoric ester groups is 1. The Morgan fingerprint density at radius 2 is 0.884 bits per heavy atom. The molecule has 0 aromatic carbocycles. The number of rotatable bonds is 51. The van der Waals surface area contributed by atoms with E-state index in [-0.39, 0.29) is 19.1 Å². The molecule has 400 valence electrons. The highest BCUT2D eigenvalue weighted by Crippen LogP contribution is 2.43. The van der Waals surface area contributed by atoms with Crippen LogP contribution in [0.2, 0.25) is 0 Å². The molecule has 0 bridgehead atoms. The van der Waals surface area contributed by atoms with Gasteiger partial charge >= 0.3 is 7.82 Å². The molecule has 0 saturated heterocycles. The number of nitrogens with zero attached hydrogens (tertiary/aromatic N) is 1. The first-order chi connectivity index (χ1) is 33.5. The lowest BCUT2D eigenvalue weighted by Gasteiger charge is -2.25. The van der Waals surface area contributed by atoms with Crippen molar-refractivity contribution in [3.8, 4) is 0 Å². The van der Waals surface area contributed by atoms with Crippen LogP contribution in [0, 0.1) is 0 Å². The maximum atomic E-state index is 13.0. The number of phosphoric acid groups is 1. The first-order valence-corrected chi connectivity index (χ1v) is 30.0. The number of aliphatic hydroxyl groups is 1. The summed E-state index contributed by atoms with van der Waals surface area (Å²) in [6, 6.07) is -0.867. The molecule has 0 aliphatic heterocycles. The number of likely N-dealkylation sites (N-methyl/N-ethyl adjacent to an activating group) is 1. The van der Waals surface area contributed by atoms with Crippen molar-refractivity contribution in [3.05, 3.63) is 85.1 Å². The molecule has 0 aromatic rings. The average molecular weight is 987 g/mol. The predicted octanol–water partition coefficient (Wildman–Crippen LogP) is 17.3. The Hall–Kier alpha value is -2.32. The van der Waals surface area contributed by atoms with E-state index in [1.54, 1.807) is 6.08 Å². The molecule has 0 aliphatic carbocycles. The minimum absolute atomic E-state index is 0.0537. The normalized spacial score (nSPS) is 14.6. The number of amides is 1. The zero-order valence-corrected chi connectivity index (χ0v) is 46.4. The minimum Gasteiger partial charge on any atom is -0.387 e. The van der Waals surface area contributed by atoms with Gasteiger partial charge in [0, 0.05) is 6.42 Å². The predicted molar refractivity (Wildman–Crippen MR) is 299 cm³/mol. The van der Waals surface area contributed by atoms with Gasteiger partial charge < -0.3 is 19.8 Å². The maximum absolute atomic E-state index is 13.0. The largest absolute Gasteiger partial charge is 0.472 e. The smallest absolute Gasteiger partial charge is 0.387 e. The quantitative estimate of drug-likeness (QED) is 0.0243. The highest BCUT2D eigenvalue weighted by atomic mass is 31.2. The average Bonchev–Trinajstić information content (AvgIpc) is 3.31. The monoisotopic (exact) mass is 986 g/mol. The molecule has 3 unspecified atom stereocenters. The molecule has 0 aliphatic rings. The van der Waals surface area contributed by atoms with Crippen LogP contribution in [0.1, 0.15) is 239 Å². The minimum atomic E-state index is -4.36. The number of quaternary nitrogens is 1. The molecule has 1 amide bonds. The zero-order chi connectivity index (χ0) is 50.6. The van der Waals surface area contributed by atoms with Crippen molar-refractivity contribution in [1.29, 1.82) is 0 Å². The van der Waals surface area contributed by atoms with Gasteiger partial charge in [0.05, 0.1) is 39.9 Å². The summed E-state index contributed by atoms with van der Waals surface area (Å²) in [5, 5.41) is 13.9. The van der Waals surface area contributed by atoms with E-state index in [0.717, 1.165) is 70.6 Å². The summed E-state index contributed by atoms with van der Waals surface area (Å²) in [7, 11) is 1.55. The molecule has 3 N–H and O–H groups in total. The molecule has 0 rings (SSSR count). The van der Waals surface area contributed by atoms with Crippen molar-refractivity contribution >= 4 is 13.7 Å². The number of unbranched alkanes of at least 4 members (excludes halogenated alkanes) is 26. The van der Waals surface area contributed by atoms with Crippen LogP contribution < -0.4 is 5.32 Å². The summed E-state index contributed by atoms with van der Waals surface area (Å²) in [6.07, 6.45) is 71.1. The summed E-state index contributed by atoms with van der Waals surface area (Å²) in [5.41, 5.74) is 0. The van der Waals surface area contributed by atoms with E-state index >= 15 is 0 Å². The van der Waals surface area contributed by atoms with Crippen LogP contribution in [-0.2, 0) is 18.4 Å². The molecule has 8 nitrogen and oxygen atoms in total. The number of hydrogen-bond donors (Lipinski definition) is 3. The lowest BCUT2D eigenvalue weighted by atomic mass is 10.0. The van der Waals surface area contributed by atoms with E-state index in [4.69, 9.17) is 9.05 Å². The van der Waals surface area contributed by atoms with Crippen LogP contribution in [0.5, 0.6) is 0 Å². The topological polar surface area (TPSA) is 105 Å². The van der Waals surface area contributed by atoms with E-state index in [9.17, 15) is 19.4 Å². The highest BCUT2D eigenvalue weighted by molar-refractivity contribution is 7.47. The van der Waals surface area contributed by atoms with Gasteiger partial charge in [-0.1, -0.05) is 240 Å². The Morgan fingerprint density at radius 3 is 1.33 bits per heavy atom. The lowest BCUT2D eigenvalue weighted by Crippen LogP contribution is -2.45. The Bertz CT molecular complexity index is 1400. The van der Waals surface area contributed by atoms with Crippen LogP contribution in [0.25, 0.3) is 0 Å². The van der Waals surface area contributed by atoms with E-state index in [1.807, 2.05) is 27.2 Å². The fraction of sp³-hybridized carbons (Fsp3) is 0.750. The standard InChI is InChI=1S/C60H109N2O6P/c1-6-8-10-12-14-16-18-20-22-24-25-26-27-28-29-30-31-32-33-34-35-36-37-38-40-42-44-46-48-50-52-54-60(64)61-58(57-68-69(65,66)67-56-55-62(3,4)5)59(63)53-51-49-47-45-43-41-39-23-21-19-17-15-13-11-9-7-2/h8,10,14,16,20,22,25-26,28-29,43,45,51,53,58-59,63H,6-7,9,11-13,15,17-19,21,23-24,27,30-42,44,46-50,52,54-57H2,1-5H3,(H-,61,64,65,66)/p+1/b10-8-,16-14-,22-20-,26-25-,29-28-,45-43+,53-51+. The third-order valence-electron chi connectivity index (χ3n) is 12.3. The fourth-order valence-electron chi connectivity index (χ4n) is 7.91. The third-order valence-corrected chi connectivity index (χ3v) is 13.3. The van der Waals surface area contributed by atoms with Gasteiger partial charge in [0.25, 0.3) is 0 Å². The summed E-state index contributed by atoms with van der Waals surface area (Å²) in [5.74, 6) is -0.189. The summed E-state index contributed by atoms with van der Waals surface area (Å²) < 4.78 is 23.7. The van der Waals surface area contributed by atoms with Gasteiger partial charge in [-0.2, -0.15) is 0 Å². The van der Waals surface area contributed by atoms with Gasteiger partial charge in [0.1, 0.15) is 13.2 Å². The Morgan fingerprint density at radius 1 is 0.507 bits per heavy atom. The van der Waals surface area contributed by atoms with Crippen LogP contribution in [0.3, 0.4) is 0 Å². The Labute approximate surface area is 426 Å². The van der Waals surface area contributed by atoms with Gasteiger partial charge in [-0.05, 0) is 77.0 Å². The van der Waals surface area contributed by atoms with Gasteiger partial charge in [-0.15, -0.1) is 0 Å². The van der Waals surface area contributed by atoms with Crippen LogP contribution >= 0.6 is 7.82 Å². The molecule has 0 saturated carbocycles. The molecule has 0 aromatic heterocycles. The maximum Gasteiger partial charge on any atom is 0.472 e. The molecular weight excluding hydrogens is 876 g/mol. The van der Waals surface area contributed by atoms with Gasteiger partial charge in [0.15, 0.2) is 0 Å². The summed E-state index contributed by atoms with van der Waals surface area (Å²) >= 11 is 0. The number of carbonyl (C=O) groups excluding carboxylic acids is 1. The second kappa shape index (κ2) is 50.6. The first-order valence-electron chi connectivity index (χ1n) is 28.5. The fourth-order valence-corrected chi connectivity index (χ4v) is 8.64. The van der Waals surface area contributed by atoms with Crippen molar-refractivity contribution in [2.24, 2.45) is 0 Å². The molecule has 0 radical (unpaired) electrons. The van der Waals surface area contributed by atoms with E-state index in [1.165, 1.54) is 148 Å². The van der Waals surface area contributed by atoms with Crippen LogP contribution in [-0.4, -0.2) is 73.4 Å². The molecule has 9 heteroatoms. The number of carbonyl (C=O) groups is 1. The molecule has 0 heterocycles. The van der Waals surface area contributed by atoms with Crippen LogP contribution in [0.15, 0.2) is 85.1 Å². The number of nitrogens with one attached hydrogen (secondary N) is 1. The zero-order valence-electron chi connectivity index (χ0n) is 45.5. The van der Waals surface area contributed by atoms with Gasteiger partial charge in [0.2, 0.25) is 5.91 Å². The van der Waals surface area contributed by atoms with Gasteiger partial charge in [-0.25, -0.2) is 4.57 Å². The van der Waals surface area contributed by atoms with Crippen LogP contribution in [0.4, 0.5) is 0 Å². The Kier molecular flexibility index (Phi) is 48.9. The van der Waals surface area contributed by atoms with E-state index < -0.39 is 20.0 Å². The van der Waals surface area contributed by atoms with Gasteiger partial charge in [-0.3, -0.25) is 13.8 Å². The van der Waals surface area contributed by atoms with Crippen molar-refractivity contribution in [2.75, 3.05) is 40.9 Å². The lowest BCUT2D eigenvalue weighted by molar-refractivity contribution is -0.870. The Balaban J connectivity index is 4.16. The summed E-state index contributed by atoms with van der Waals surface area (Å²) in [4.78, 5) is 23.3. The molecular formula is C60H110N2O6P+. The summed E-state index contributed by atoms with van der Waals surface area (Å²) in [6.45, 7) is 4.68. The first kappa shape index (κ1) is 66.7. The molecule has 0 spiro atoms. The number of allylic oxidation sites excluding steroid dienone is 13. The third kappa shape index (κ3) is 53.3. The SMILES string of the molecule is CC/C=C\C/C=C\C/C=C\C/C=C\C/C=C\CCCCCCCCCCCCCCCCCC(=O)NC(COP(=O)(O)OCC[N+](C)(C)C)C(O)/C=C/CC/C=C/CCCCCCCCCCCC. The molecule has 69 heavy (non-hydrogen) atoms. The highest BCUT2D eigenvalue weighted by Gasteiger charge is 2.27. The number of hydrogen-bond acceptors (Lipinski definition) is 5. The van der Waals surface area contributed by atoms with Crippen molar-refractivity contribution in [3.63, 3.8) is 0 Å².